The van der Waals surface area contributed by atoms with Gasteiger partial charge in [-0.1, -0.05) is 57.9 Å². The van der Waals surface area contributed by atoms with E-state index in [2.05, 4.69) is 41.1 Å². The maximum atomic E-state index is 6.12. The summed E-state index contributed by atoms with van der Waals surface area (Å²) < 4.78 is 0. The van der Waals surface area contributed by atoms with Crippen LogP contribution in [0.5, 0.6) is 0 Å². The molecule has 0 aliphatic rings. The van der Waals surface area contributed by atoms with Gasteiger partial charge in [-0.2, -0.15) is 0 Å². The van der Waals surface area contributed by atoms with Gasteiger partial charge in [0, 0.05) is 15.2 Å². The number of hydrogen-bond acceptors (Lipinski definition) is 0. The van der Waals surface area contributed by atoms with E-state index in [0.29, 0.717) is 4.83 Å². The van der Waals surface area contributed by atoms with E-state index < -0.39 is 0 Å². The highest BCUT2D eigenvalue weighted by Gasteiger charge is 2.07. The molecule has 0 aliphatic heterocycles. The Morgan fingerprint density at radius 1 is 1.07 bits per heavy atom. The fourth-order valence-electron chi connectivity index (χ4n) is 1.63. The quantitative estimate of drug-likeness (QED) is 0.643. The minimum Gasteiger partial charge on any atom is -0.0842 e. The summed E-state index contributed by atoms with van der Waals surface area (Å²) in [6.07, 6.45) is 0. The zero-order valence-electron chi connectivity index (χ0n) is 7.80. The van der Waals surface area contributed by atoms with E-state index in [-0.39, 0.29) is 0 Å². The van der Waals surface area contributed by atoms with Crippen LogP contribution < -0.4 is 0 Å². The number of rotatable bonds is 1. The second kappa shape index (κ2) is 3.92. The molecule has 0 fully saturated rings. The molecule has 0 aromatic heterocycles. The molecule has 1 atom stereocenters. The van der Waals surface area contributed by atoms with Crippen LogP contribution in [0.25, 0.3) is 10.8 Å². The minimum atomic E-state index is 0.352. The van der Waals surface area contributed by atoms with Crippen LogP contribution in [0.15, 0.2) is 36.4 Å². The lowest BCUT2D eigenvalue weighted by molar-refractivity contribution is 1.14. The second-order valence-corrected chi connectivity index (χ2v) is 5.08. The topological polar surface area (TPSA) is 0 Å². The molecule has 0 bridgehead atoms. The largest absolute Gasteiger partial charge is 0.0842 e. The van der Waals surface area contributed by atoms with E-state index in [1.807, 2.05) is 18.2 Å². The first-order chi connectivity index (χ1) is 6.70. The van der Waals surface area contributed by atoms with Crippen LogP contribution in [-0.2, 0) is 0 Å². The summed E-state index contributed by atoms with van der Waals surface area (Å²) in [4.78, 5) is 0.352. The van der Waals surface area contributed by atoms with Gasteiger partial charge in [0.25, 0.3) is 0 Å². The Morgan fingerprint density at radius 2 is 1.71 bits per heavy atom. The first kappa shape index (κ1) is 10.0. The average molecular weight is 270 g/mol. The molecule has 2 rings (SSSR count). The summed E-state index contributed by atoms with van der Waals surface area (Å²) in [5.41, 5.74) is 1.28. The summed E-state index contributed by atoms with van der Waals surface area (Å²) in [7, 11) is 0. The maximum Gasteiger partial charge on any atom is 0.0484 e. The van der Waals surface area contributed by atoms with E-state index in [0.717, 1.165) is 10.4 Å². The number of fused-ring (bicyclic) bond motifs is 1. The van der Waals surface area contributed by atoms with Crippen LogP contribution >= 0.6 is 27.5 Å². The van der Waals surface area contributed by atoms with E-state index in [1.165, 1.54) is 10.9 Å². The van der Waals surface area contributed by atoms with Gasteiger partial charge in [-0.25, -0.2) is 0 Å². The molecule has 2 aromatic carbocycles. The first-order valence-corrected chi connectivity index (χ1v) is 5.80. The molecule has 0 heterocycles. The Kier molecular flexibility index (Phi) is 2.80. The normalized spacial score (nSPS) is 13.1. The van der Waals surface area contributed by atoms with Gasteiger partial charge in [0.2, 0.25) is 0 Å². The second-order valence-electron chi connectivity index (χ2n) is 3.30. The zero-order chi connectivity index (χ0) is 10.1. The SMILES string of the molecule is CC(Br)c1ccc(Cl)c2ccccc12. The molecule has 0 N–H and O–H groups in total. The van der Waals surface area contributed by atoms with Gasteiger partial charge in [-0.15, -0.1) is 0 Å². The van der Waals surface area contributed by atoms with Crippen molar-refractivity contribution in [2.45, 2.75) is 11.8 Å². The lowest BCUT2D eigenvalue weighted by atomic mass is 10.0. The lowest BCUT2D eigenvalue weighted by Crippen LogP contribution is -1.86. The van der Waals surface area contributed by atoms with Crippen molar-refractivity contribution in [3.05, 3.63) is 47.0 Å². The Balaban J connectivity index is 2.82. The number of halogens is 2. The Hall–Kier alpha value is -0.530. The van der Waals surface area contributed by atoms with E-state index in [9.17, 15) is 0 Å². The number of benzene rings is 2. The third-order valence-corrected chi connectivity index (χ3v) is 3.16. The molecule has 14 heavy (non-hydrogen) atoms. The predicted molar refractivity (Wildman–Crippen MR) is 66.3 cm³/mol. The van der Waals surface area contributed by atoms with Gasteiger partial charge >= 0.3 is 0 Å². The molecule has 1 unspecified atom stereocenters. The molecular formula is C12H10BrCl. The summed E-state index contributed by atoms with van der Waals surface area (Å²) >= 11 is 9.70. The third kappa shape index (κ3) is 1.67. The van der Waals surface area contributed by atoms with Crippen LogP contribution in [-0.4, -0.2) is 0 Å². The van der Waals surface area contributed by atoms with Crippen LogP contribution in [0.1, 0.15) is 17.3 Å². The molecule has 0 nitrogen and oxygen atoms in total. The Labute approximate surface area is 97.0 Å². The number of hydrogen-bond donors (Lipinski definition) is 0. The molecular weight excluding hydrogens is 259 g/mol. The van der Waals surface area contributed by atoms with Gasteiger partial charge < -0.3 is 0 Å². The molecule has 72 valence electrons. The van der Waals surface area contributed by atoms with Crippen molar-refractivity contribution in [2.75, 3.05) is 0 Å². The standard InChI is InChI=1S/C12H10BrCl/c1-8(13)9-6-7-12(14)11-5-3-2-4-10(9)11/h2-8H,1H3. The smallest absolute Gasteiger partial charge is 0.0484 e. The summed E-state index contributed by atoms with van der Waals surface area (Å²) in [5, 5.41) is 3.17. The van der Waals surface area contributed by atoms with Crippen molar-refractivity contribution >= 4 is 38.3 Å². The van der Waals surface area contributed by atoms with Crippen molar-refractivity contribution in [2.24, 2.45) is 0 Å². The highest BCUT2D eigenvalue weighted by Crippen LogP contribution is 2.32. The van der Waals surface area contributed by atoms with Gasteiger partial charge in [-0.3, -0.25) is 0 Å². The maximum absolute atomic E-state index is 6.12. The molecule has 0 aliphatic carbocycles. The van der Waals surface area contributed by atoms with Gasteiger partial charge in [0.05, 0.1) is 0 Å². The summed E-state index contributed by atoms with van der Waals surface area (Å²) in [5.74, 6) is 0. The fourth-order valence-corrected chi connectivity index (χ4v) is 2.26. The van der Waals surface area contributed by atoms with Gasteiger partial charge in [0.15, 0.2) is 0 Å². The zero-order valence-corrected chi connectivity index (χ0v) is 10.1. The van der Waals surface area contributed by atoms with E-state index >= 15 is 0 Å². The highest BCUT2D eigenvalue weighted by atomic mass is 79.9. The van der Waals surface area contributed by atoms with Gasteiger partial charge in [0.1, 0.15) is 0 Å². The van der Waals surface area contributed by atoms with Crippen molar-refractivity contribution in [3.8, 4) is 0 Å². The van der Waals surface area contributed by atoms with Crippen LogP contribution in [0.4, 0.5) is 0 Å². The van der Waals surface area contributed by atoms with Crippen molar-refractivity contribution in [3.63, 3.8) is 0 Å². The molecule has 0 saturated heterocycles. The van der Waals surface area contributed by atoms with E-state index in [1.54, 1.807) is 0 Å². The van der Waals surface area contributed by atoms with Gasteiger partial charge in [-0.05, 0) is 23.9 Å². The molecule has 2 aromatic rings. The van der Waals surface area contributed by atoms with E-state index in [4.69, 9.17) is 11.6 Å². The lowest BCUT2D eigenvalue weighted by Gasteiger charge is -2.09. The van der Waals surface area contributed by atoms with Crippen molar-refractivity contribution in [1.29, 1.82) is 0 Å². The molecule has 0 saturated carbocycles. The van der Waals surface area contributed by atoms with Crippen LogP contribution in [0.2, 0.25) is 5.02 Å². The monoisotopic (exact) mass is 268 g/mol. The fraction of sp³-hybridized carbons (Fsp3) is 0.167. The summed E-state index contributed by atoms with van der Waals surface area (Å²) in [6, 6.07) is 12.2. The molecule has 0 radical (unpaired) electrons. The first-order valence-electron chi connectivity index (χ1n) is 4.51. The van der Waals surface area contributed by atoms with Crippen molar-refractivity contribution < 1.29 is 0 Å². The predicted octanol–water partition coefficient (Wildman–Crippen LogP) is 4.95. The Morgan fingerprint density at radius 3 is 2.36 bits per heavy atom. The Bertz CT molecular complexity index is 463. The molecule has 0 amide bonds. The molecule has 0 spiro atoms. The third-order valence-electron chi connectivity index (χ3n) is 2.33. The average Bonchev–Trinajstić information content (AvgIpc) is 2.18. The van der Waals surface area contributed by atoms with Crippen LogP contribution in [0.3, 0.4) is 0 Å². The van der Waals surface area contributed by atoms with Crippen molar-refractivity contribution in [1.82, 2.24) is 0 Å². The minimum absolute atomic E-state index is 0.352. The molecule has 2 heteroatoms. The number of alkyl halides is 1. The van der Waals surface area contributed by atoms with Crippen LogP contribution in [0, 0.1) is 0 Å². The summed E-state index contributed by atoms with van der Waals surface area (Å²) in [6.45, 7) is 2.12. The highest BCUT2D eigenvalue weighted by molar-refractivity contribution is 9.09.